The lowest BCUT2D eigenvalue weighted by Crippen LogP contribution is -2.54. The molecule has 2 aromatic rings. The van der Waals surface area contributed by atoms with Gasteiger partial charge in [0.1, 0.15) is 11.3 Å². The quantitative estimate of drug-likeness (QED) is 0.430. The first-order valence-electron chi connectivity index (χ1n) is 8.79. The molecule has 0 radical (unpaired) electrons. The number of benzene rings is 2. The molecule has 0 aliphatic carbocycles. The highest BCUT2D eigenvalue weighted by molar-refractivity contribution is 7.80. The third kappa shape index (κ3) is 3.79. The van der Waals surface area contributed by atoms with E-state index in [2.05, 4.69) is 5.32 Å². The fourth-order valence-electron chi connectivity index (χ4n) is 3.02. The summed E-state index contributed by atoms with van der Waals surface area (Å²) in [6, 6.07) is 10.1. The highest BCUT2D eigenvalue weighted by Gasteiger charge is 2.35. The van der Waals surface area contributed by atoms with Crippen molar-refractivity contribution in [2.24, 2.45) is 0 Å². The molecule has 0 atom stereocenters. The molecular weight excluding hydrogens is 408 g/mol. The van der Waals surface area contributed by atoms with Crippen molar-refractivity contribution in [1.82, 2.24) is 5.32 Å². The predicted molar refractivity (Wildman–Crippen MR) is 115 cm³/mol. The van der Waals surface area contributed by atoms with Crippen molar-refractivity contribution < 1.29 is 28.5 Å². The topological polar surface area (TPSA) is 86.3 Å². The largest absolute Gasteiger partial charge is 0.497 e. The molecule has 0 aromatic heterocycles. The van der Waals surface area contributed by atoms with E-state index in [9.17, 15) is 9.59 Å². The summed E-state index contributed by atoms with van der Waals surface area (Å²) in [7, 11) is 5.98. The maximum atomic E-state index is 13.2. The molecule has 1 aliphatic heterocycles. The summed E-state index contributed by atoms with van der Waals surface area (Å²) >= 11 is 5.22. The average molecular weight is 428 g/mol. The SMILES string of the molecule is COc1ccc(N2C(=O)/C(=C\c3ccc(OC)c(OC)c3OC)C(=O)NC2=S)cc1. The summed E-state index contributed by atoms with van der Waals surface area (Å²) in [4.78, 5) is 27.0. The summed E-state index contributed by atoms with van der Waals surface area (Å²) in [6.45, 7) is 0. The van der Waals surface area contributed by atoms with Crippen molar-refractivity contribution in [2.75, 3.05) is 33.3 Å². The Kier molecular flexibility index (Phi) is 6.22. The highest BCUT2D eigenvalue weighted by atomic mass is 32.1. The molecule has 0 spiro atoms. The minimum Gasteiger partial charge on any atom is -0.497 e. The summed E-state index contributed by atoms with van der Waals surface area (Å²) < 4.78 is 21.2. The van der Waals surface area contributed by atoms with Crippen LogP contribution < -0.4 is 29.2 Å². The number of methoxy groups -OCH3 is 4. The van der Waals surface area contributed by atoms with Crippen LogP contribution in [-0.4, -0.2) is 45.4 Å². The Hall–Kier alpha value is -3.59. The minimum atomic E-state index is -0.605. The van der Waals surface area contributed by atoms with Gasteiger partial charge in [0.15, 0.2) is 16.6 Å². The van der Waals surface area contributed by atoms with Crippen LogP contribution in [0.15, 0.2) is 42.0 Å². The van der Waals surface area contributed by atoms with Crippen molar-refractivity contribution in [1.29, 1.82) is 0 Å². The van der Waals surface area contributed by atoms with Gasteiger partial charge in [-0.15, -0.1) is 0 Å². The average Bonchev–Trinajstić information content (AvgIpc) is 2.76. The van der Waals surface area contributed by atoms with Crippen LogP contribution in [0, 0.1) is 0 Å². The van der Waals surface area contributed by atoms with E-state index in [1.807, 2.05) is 0 Å². The van der Waals surface area contributed by atoms with Crippen molar-refractivity contribution >= 4 is 40.9 Å². The van der Waals surface area contributed by atoms with Crippen LogP contribution >= 0.6 is 12.2 Å². The number of carbonyl (C=O) groups is 2. The molecule has 1 aliphatic rings. The molecule has 0 saturated carbocycles. The maximum Gasteiger partial charge on any atom is 0.270 e. The van der Waals surface area contributed by atoms with Gasteiger partial charge in [0.25, 0.3) is 11.8 Å². The van der Waals surface area contributed by atoms with Crippen LogP contribution in [0.5, 0.6) is 23.0 Å². The van der Waals surface area contributed by atoms with Gasteiger partial charge in [0, 0.05) is 5.56 Å². The number of carbonyl (C=O) groups excluding carboxylic acids is 2. The second-order valence-corrected chi connectivity index (χ2v) is 6.47. The molecule has 2 amide bonds. The second-order valence-electron chi connectivity index (χ2n) is 6.08. The number of ether oxygens (including phenoxy) is 4. The van der Waals surface area contributed by atoms with Crippen molar-refractivity contribution in [3.63, 3.8) is 0 Å². The molecule has 0 unspecified atom stereocenters. The standard InChI is InChI=1S/C21H20N2O6S/c1-26-14-8-6-13(7-9-14)23-20(25)15(19(24)22-21(23)30)11-12-5-10-16(27-2)18(29-4)17(12)28-3/h5-11H,1-4H3,(H,22,24,30)/b15-11-. The van der Waals surface area contributed by atoms with Gasteiger partial charge in [-0.2, -0.15) is 0 Å². The van der Waals surface area contributed by atoms with E-state index in [1.54, 1.807) is 43.5 Å². The van der Waals surface area contributed by atoms with E-state index in [4.69, 9.17) is 31.2 Å². The fraction of sp³-hybridized carbons (Fsp3) is 0.190. The lowest BCUT2D eigenvalue weighted by Gasteiger charge is -2.29. The van der Waals surface area contributed by atoms with Crippen LogP contribution in [0.4, 0.5) is 5.69 Å². The Labute approximate surface area is 179 Å². The summed E-state index contributed by atoms with van der Waals surface area (Å²) in [5.41, 5.74) is 0.858. The molecule has 1 heterocycles. The van der Waals surface area contributed by atoms with Crippen LogP contribution in [0.2, 0.25) is 0 Å². The van der Waals surface area contributed by atoms with Crippen LogP contribution in [-0.2, 0) is 9.59 Å². The zero-order valence-electron chi connectivity index (χ0n) is 16.8. The van der Waals surface area contributed by atoms with Gasteiger partial charge in [-0.3, -0.25) is 19.8 Å². The Morgan fingerprint density at radius 1 is 0.867 bits per heavy atom. The predicted octanol–water partition coefficient (Wildman–Crippen LogP) is 2.55. The van der Waals surface area contributed by atoms with E-state index in [1.165, 1.54) is 32.3 Å². The number of hydrogen-bond acceptors (Lipinski definition) is 7. The number of anilines is 1. The Bertz CT molecular complexity index is 1030. The first-order chi connectivity index (χ1) is 14.4. The normalized spacial score (nSPS) is 15.1. The number of hydrogen-bond donors (Lipinski definition) is 1. The molecule has 1 saturated heterocycles. The van der Waals surface area contributed by atoms with Gasteiger partial charge in [-0.25, -0.2) is 0 Å². The van der Waals surface area contributed by atoms with Crippen molar-refractivity contribution in [2.45, 2.75) is 0 Å². The summed E-state index contributed by atoms with van der Waals surface area (Å²) in [5, 5.41) is 2.54. The first-order valence-corrected chi connectivity index (χ1v) is 9.20. The van der Waals surface area contributed by atoms with Gasteiger partial charge in [0.05, 0.1) is 34.1 Å². The van der Waals surface area contributed by atoms with Crippen LogP contribution in [0.3, 0.4) is 0 Å². The first kappa shape index (κ1) is 21.1. The van der Waals surface area contributed by atoms with E-state index in [0.29, 0.717) is 34.2 Å². The lowest BCUT2D eigenvalue weighted by molar-refractivity contribution is -0.122. The van der Waals surface area contributed by atoms with Gasteiger partial charge >= 0.3 is 0 Å². The minimum absolute atomic E-state index is 0.00778. The monoisotopic (exact) mass is 428 g/mol. The molecule has 2 aromatic carbocycles. The van der Waals surface area contributed by atoms with Gasteiger partial charge in [0.2, 0.25) is 5.75 Å². The number of thiocarbonyl (C=S) groups is 1. The van der Waals surface area contributed by atoms with E-state index >= 15 is 0 Å². The number of nitrogens with zero attached hydrogens (tertiary/aromatic N) is 1. The Balaban J connectivity index is 2.06. The molecule has 8 nitrogen and oxygen atoms in total. The smallest absolute Gasteiger partial charge is 0.270 e. The van der Waals surface area contributed by atoms with Gasteiger partial charge in [-0.1, -0.05) is 0 Å². The molecular formula is C21H20N2O6S. The van der Waals surface area contributed by atoms with Crippen molar-refractivity contribution in [3.05, 3.63) is 47.5 Å². The van der Waals surface area contributed by atoms with Gasteiger partial charge < -0.3 is 18.9 Å². The highest BCUT2D eigenvalue weighted by Crippen LogP contribution is 2.40. The molecule has 9 heteroatoms. The number of amides is 2. The molecule has 156 valence electrons. The third-order valence-electron chi connectivity index (χ3n) is 4.47. The third-order valence-corrected chi connectivity index (χ3v) is 4.75. The molecule has 3 rings (SSSR count). The molecule has 30 heavy (non-hydrogen) atoms. The Morgan fingerprint density at radius 2 is 1.53 bits per heavy atom. The summed E-state index contributed by atoms with van der Waals surface area (Å²) in [5.74, 6) is 0.591. The summed E-state index contributed by atoms with van der Waals surface area (Å²) in [6.07, 6.45) is 1.43. The van der Waals surface area contributed by atoms with Crippen LogP contribution in [0.25, 0.3) is 6.08 Å². The van der Waals surface area contributed by atoms with E-state index < -0.39 is 11.8 Å². The molecule has 0 bridgehead atoms. The number of nitrogens with one attached hydrogen (secondary N) is 1. The maximum absolute atomic E-state index is 13.2. The van der Waals surface area contributed by atoms with Gasteiger partial charge in [-0.05, 0) is 54.7 Å². The second kappa shape index (κ2) is 8.83. The molecule has 1 N–H and O–H groups in total. The van der Waals surface area contributed by atoms with Crippen molar-refractivity contribution in [3.8, 4) is 23.0 Å². The molecule has 1 fully saturated rings. The zero-order chi connectivity index (χ0) is 21.8. The van der Waals surface area contributed by atoms with Crippen LogP contribution in [0.1, 0.15) is 5.56 Å². The zero-order valence-corrected chi connectivity index (χ0v) is 17.7. The number of rotatable bonds is 6. The van der Waals surface area contributed by atoms with E-state index in [0.717, 1.165) is 0 Å². The van der Waals surface area contributed by atoms with E-state index in [-0.39, 0.29) is 10.7 Å². The Morgan fingerprint density at radius 3 is 2.10 bits per heavy atom. The fourth-order valence-corrected chi connectivity index (χ4v) is 3.30. The lowest BCUT2D eigenvalue weighted by atomic mass is 10.1.